The quantitative estimate of drug-likeness (QED) is 0.503. The van der Waals surface area contributed by atoms with Crippen molar-refractivity contribution in [3.63, 3.8) is 0 Å². The zero-order chi connectivity index (χ0) is 21.5. The predicted octanol–water partition coefficient (Wildman–Crippen LogP) is 5.51. The fourth-order valence-corrected chi connectivity index (χ4v) is 7.07. The smallest absolute Gasteiger partial charge is 0.266 e. The number of carbonyl (C=O) groups is 1. The summed E-state index contributed by atoms with van der Waals surface area (Å²) in [4.78, 5) is 15.7. The highest BCUT2D eigenvalue weighted by Gasteiger charge is 2.36. The van der Waals surface area contributed by atoms with Crippen molar-refractivity contribution in [2.24, 2.45) is 0 Å². The van der Waals surface area contributed by atoms with Gasteiger partial charge in [-0.1, -0.05) is 67.9 Å². The second-order valence-corrected chi connectivity index (χ2v) is 11.8. The first kappa shape index (κ1) is 21.3. The number of nitrogens with zero attached hydrogens (tertiary/aromatic N) is 1. The molecule has 1 saturated heterocycles. The SMILES string of the molecule is CC(C)c1ccc(CN(C(=O)c2sc3ccccc3c2Cl)C2CCS(=O)(=O)C2)cc1. The fourth-order valence-electron chi connectivity index (χ4n) is 3.87. The number of benzene rings is 2. The lowest BCUT2D eigenvalue weighted by Gasteiger charge is -2.28. The third-order valence-corrected chi connectivity index (χ3v) is 9.05. The molecule has 0 aliphatic carbocycles. The van der Waals surface area contributed by atoms with Crippen LogP contribution < -0.4 is 0 Å². The molecule has 1 aromatic heterocycles. The minimum atomic E-state index is -3.12. The maximum Gasteiger partial charge on any atom is 0.266 e. The highest BCUT2D eigenvalue weighted by atomic mass is 35.5. The molecular formula is C23H24ClNO3S2. The van der Waals surface area contributed by atoms with Crippen molar-refractivity contribution >= 4 is 48.8 Å². The van der Waals surface area contributed by atoms with Crippen molar-refractivity contribution in [2.75, 3.05) is 11.5 Å². The van der Waals surface area contributed by atoms with Gasteiger partial charge in [-0.25, -0.2) is 8.42 Å². The lowest BCUT2D eigenvalue weighted by molar-refractivity contribution is 0.0686. The van der Waals surface area contributed by atoms with Gasteiger partial charge < -0.3 is 4.90 Å². The van der Waals surface area contributed by atoms with E-state index >= 15 is 0 Å². The molecule has 0 bridgehead atoms. The van der Waals surface area contributed by atoms with Crippen molar-refractivity contribution in [3.8, 4) is 0 Å². The van der Waals surface area contributed by atoms with E-state index in [1.165, 1.54) is 16.9 Å². The van der Waals surface area contributed by atoms with Gasteiger partial charge in [0, 0.05) is 22.7 Å². The Morgan fingerprint density at radius 2 is 1.87 bits per heavy atom. The lowest BCUT2D eigenvalue weighted by Crippen LogP contribution is -2.40. The zero-order valence-electron chi connectivity index (χ0n) is 17.0. The summed E-state index contributed by atoms with van der Waals surface area (Å²) in [6.45, 7) is 4.64. The summed E-state index contributed by atoms with van der Waals surface area (Å²) in [5.74, 6) is 0.351. The van der Waals surface area contributed by atoms with Gasteiger partial charge >= 0.3 is 0 Å². The van der Waals surface area contributed by atoms with E-state index in [2.05, 4.69) is 26.0 Å². The van der Waals surface area contributed by atoms with E-state index in [4.69, 9.17) is 11.6 Å². The van der Waals surface area contributed by atoms with Gasteiger partial charge in [0.2, 0.25) is 0 Å². The molecule has 1 aliphatic heterocycles. The van der Waals surface area contributed by atoms with Crippen LogP contribution in [0.2, 0.25) is 5.02 Å². The third-order valence-electron chi connectivity index (χ3n) is 5.64. The molecule has 1 amide bonds. The highest BCUT2D eigenvalue weighted by molar-refractivity contribution is 7.91. The van der Waals surface area contributed by atoms with E-state index < -0.39 is 9.84 Å². The number of thiophene rings is 1. The number of halogens is 1. The molecule has 7 heteroatoms. The van der Waals surface area contributed by atoms with Gasteiger partial charge in [-0.2, -0.15) is 0 Å². The largest absolute Gasteiger partial charge is 0.330 e. The molecular weight excluding hydrogens is 438 g/mol. The van der Waals surface area contributed by atoms with Crippen LogP contribution in [-0.4, -0.2) is 36.8 Å². The second-order valence-electron chi connectivity index (χ2n) is 8.13. The molecule has 158 valence electrons. The molecule has 2 aromatic carbocycles. The molecule has 0 radical (unpaired) electrons. The second kappa shape index (κ2) is 8.33. The van der Waals surface area contributed by atoms with Crippen molar-refractivity contribution in [1.29, 1.82) is 0 Å². The minimum absolute atomic E-state index is 0.00529. The molecule has 4 nitrogen and oxygen atoms in total. The molecule has 2 heterocycles. The zero-order valence-corrected chi connectivity index (χ0v) is 19.4. The topological polar surface area (TPSA) is 54.5 Å². The Bertz CT molecular complexity index is 1180. The first-order valence-electron chi connectivity index (χ1n) is 10.0. The average molecular weight is 462 g/mol. The van der Waals surface area contributed by atoms with E-state index in [-0.39, 0.29) is 23.5 Å². The molecule has 30 heavy (non-hydrogen) atoms. The summed E-state index contributed by atoms with van der Waals surface area (Å²) in [7, 11) is -3.12. The molecule has 0 N–H and O–H groups in total. The Labute approximate surface area is 186 Å². The van der Waals surface area contributed by atoms with Crippen LogP contribution in [-0.2, 0) is 16.4 Å². The molecule has 3 aromatic rings. The standard InChI is InChI=1S/C23H24ClNO3S2/c1-15(2)17-9-7-16(8-10-17)13-25(18-11-12-30(27,28)14-18)23(26)22-21(24)19-5-3-4-6-20(19)29-22/h3-10,15,18H,11-14H2,1-2H3. The molecule has 1 unspecified atom stereocenters. The van der Waals surface area contributed by atoms with Crippen LogP contribution in [0.25, 0.3) is 10.1 Å². The maximum absolute atomic E-state index is 13.6. The Kier molecular flexibility index (Phi) is 5.93. The Hall–Kier alpha value is -1.89. The van der Waals surface area contributed by atoms with Crippen LogP contribution >= 0.6 is 22.9 Å². The van der Waals surface area contributed by atoms with Gasteiger partial charge in [0.05, 0.1) is 16.5 Å². The van der Waals surface area contributed by atoms with E-state index in [0.717, 1.165) is 15.6 Å². The average Bonchev–Trinajstić information content (AvgIpc) is 3.25. The summed E-state index contributed by atoms with van der Waals surface area (Å²) in [5.41, 5.74) is 2.21. The molecule has 1 aliphatic rings. The van der Waals surface area contributed by atoms with E-state index in [9.17, 15) is 13.2 Å². The Morgan fingerprint density at radius 3 is 2.47 bits per heavy atom. The van der Waals surface area contributed by atoms with Crippen LogP contribution in [0.3, 0.4) is 0 Å². The summed E-state index contributed by atoms with van der Waals surface area (Å²) < 4.78 is 25.2. The van der Waals surface area contributed by atoms with Gasteiger partial charge in [-0.15, -0.1) is 11.3 Å². The van der Waals surface area contributed by atoms with Crippen molar-refractivity contribution in [1.82, 2.24) is 4.90 Å². The van der Waals surface area contributed by atoms with Gasteiger partial charge in [-0.05, 0) is 29.5 Å². The Balaban J connectivity index is 1.69. The van der Waals surface area contributed by atoms with Crippen molar-refractivity contribution in [3.05, 3.63) is 69.6 Å². The van der Waals surface area contributed by atoms with Crippen molar-refractivity contribution < 1.29 is 13.2 Å². The number of hydrogen-bond donors (Lipinski definition) is 0. The third kappa shape index (κ3) is 4.27. The number of rotatable bonds is 5. The van der Waals surface area contributed by atoms with Crippen molar-refractivity contribution in [2.45, 2.75) is 38.8 Å². The van der Waals surface area contributed by atoms with E-state index in [0.29, 0.717) is 28.8 Å². The molecule has 0 spiro atoms. The fraction of sp³-hybridized carbons (Fsp3) is 0.348. The number of carbonyl (C=O) groups excluding carboxylic acids is 1. The van der Waals surface area contributed by atoms with E-state index in [1.807, 2.05) is 36.4 Å². The van der Waals surface area contributed by atoms with Crippen LogP contribution in [0.5, 0.6) is 0 Å². The molecule has 1 fully saturated rings. The van der Waals surface area contributed by atoms with Crippen LogP contribution in [0, 0.1) is 0 Å². The number of fused-ring (bicyclic) bond motifs is 1. The number of sulfone groups is 1. The van der Waals surface area contributed by atoms with Gasteiger partial charge in [0.15, 0.2) is 9.84 Å². The summed E-state index contributed by atoms with van der Waals surface area (Å²) in [6, 6.07) is 15.5. The normalized spacial score (nSPS) is 18.2. The number of amides is 1. The number of hydrogen-bond acceptors (Lipinski definition) is 4. The molecule has 0 saturated carbocycles. The summed E-state index contributed by atoms with van der Waals surface area (Å²) in [5, 5.41) is 1.30. The summed E-state index contributed by atoms with van der Waals surface area (Å²) in [6.07, 6.45) is 0.459. The van der Waals surface area contributed by atoms with Gasteiger partial charge in [0.1, 0.15) is 4.88 Å². The monoisotopic (exact) mass is 461 g/mol. The molecule has 1 atom stereocenters. The van der Waals surface area contributed by atoms with E-state index in [1.54, 1.807) is 4.90 Å². The summed E-state index contributed by atoms with van der Waals surface area (Å²) >= 11 is 7.93. The Morgan fingerprint density at radius 1 is 1.17 bits per heavy atom. The van der Waals surface area contributed by atoms with Gasteiger partial charge in [0.25, 0.3) is 5.91 Å². The lowest BCUT2D eigenvalue weighted by atomic mass is 10.0. The van der Waals surface area contributed by atoms with Crippen LogP contribution in [0.15, 0.2) is 48.5 Å². The minimum Gasteiger partial charge on any atom is -0.330 e. The maximum atomic E-state index is 13.6. The van der Waals surface area contributed by atoms with Gasteiger partial charge in [-0.3, -0.25) is 4.79 Å². The molecule has 4 rings (SSSR count). The van der Waals surface area contributed by atoms with Crippen LogP contribution in [0.4, 0.5) is 0 Å². The highest BCUT2D eigenvalue weighted by Crippen LogP contribution is 2.37. The first-order valence-corrected chi connectivity index (χ1v) is 13.0. The predicted molar refractivity (Wildman–Crippen MR) is 124 cm³/mol. The van der Waals surface area contributed by atoms with Crippen LogP contribution in [0.1, 0.15) is 47.0 Å². The first-order chi connectivity index (χ1) is 14.2.